The molecule has 226 valence electrons. The van der Waals surface area contributed by atoms with Crippen LogP contribution in [0.3, 0.4) is 0 Å². The molecule has 0 radical (unpaired) electrons. The highest BCUT2D eigenvalue weighted by Gasteiger charge is 2.29. The van der Waals surface area contributed by atoms with Crippen molar-refractivity contribution in [3.8, 4) is 17.2 Å². The molecule has 0 unspecified atom stereocenters. The number of thiazole rings is 1. The molecule has 0 amide bonds. The van der Waals surface area contributed by atoms with E-state index in [2.05, 4.69) is 32.0 Å². The number of esters is 1. The van der Waals surface area contributed by atoms with E-state index in [0.29, 0.717) is 52.1 Å². The Morgan fingerprint density at radius 3 is 2.31 bits per heavy atom. The minimum Gasteiger partial charge on any atom is -0.493 e. The van der Waals surface area contributed by atoms with Gasteiger partial charge in [0.25, 0.3) is 0 Å². The van der Waals surface area contributed by atoms with E-state index < -0.39 is 0 Å². The zero-order valence-electron chi connectivity index (χ0n) is 25.2. The number of aryl methyl sites for hydroxylation is 1. The topological polar surface area (TPSA) is 114 Å². The molecule has 0 spiro atoms. The van der Waals surface area contributed by atoms with E-state index in [1.165, 1.54) is 11.3 Å². The highest BCUT2D eigenvalue weighted by Crippen LogP contribution is 2.40. The van der Waals surface area contributed by atoms with Gasteiger partial charge in [-0.3, -0.25) is 5.32 Å². The predicted molar refractivity (Wildman–Crippen MR) is 163 cm³/mol. The summed E-state index contributed by atoms with van der Waals surface area (Å²) < 4.78 is 21.9. The molecule has 42 heavy (non-hydrogen) atoms. The number of hydrogen-bond acceptors (Lipinski definition) is 13. The SMILES string of the molecule is CCOC(=O)c1sc(Nc2nc(N3CCN(C)CC3)c3c(n2)N(Cc2cc(OC)c(OC)c(OC)c2)CCC3)nc1C. The number of anilines is 4. The number of aromatic nitrogens is 3. The maximum absolute atomic E-state index is 12.4. The van der Waals surface area contributed by atoms with Crippen LogP contribution in [0.15, 0.2) is 12.1 Å². The van der Waals surface area contributed by atoms with Crippen LogP contribution in [0.5, 0.6) is 17.2 Å². The largest absolute Gasteiger partial charge is 0.493 e. The van der Waals surface area contributed by atoms with Crippen LogP contribution in [0, 0.1) is 6.92 Å². The van der Waals surface area contributed by atoms with Gasteiger partial charge in [0.2, 0.25) is 11.7 Å². The molecule has 13 heteroatoms. The van der Waals surface area contributed by atoms with E-state index in [1.807, 2.05) is 12.1 Å². The lowest BCUT2D eigenvalue weighted by Gasteiger charge is -2.37. The summed E-state index contributed by atoms with van der Waals surface area (Å²) in [4.78, 5) is 34.5. The highest BCUT2D eigenvalue weighted by atomic mass is 32.1. The smallest absolute Gasteiger partial charge is 0.350 e. The molecule has 2 aliphatic heterocycles. The average molecular weight is 598 g/mol. The Morgan fingerprint density at radius 2 is 1.67 bits per heavy atom. The zero-order valence-corrected chi connectivity index (χ0v) is 26.0. The van der Waals surface area contributed by atoms with Gasteiger partial charge in [-0.05, 0) is 51.4 Å². The summed E-state index contributed by atoms with van der Waals surface area (Å²) in [6, 6.07) is 3.96. The molecule has 1 aromatic carbocycles. The van der Waals surface area contributed by atoms with Gasteiger partial charge in [-0.15, -0.1) is 0 Å². The summed E-state index contributed by atoms with van der Waals surface area (Å²) in [6.07, 6.45) is 1.88. The summed E-state index contributed by atoms with van der Waals surface area (Å²) in [6.45, 7) is 9.04. The molecule has 2 aliphatic rings. The standard InChI is InChI=1S/C29H39N7O5S/c1-7-41-27(37)24-18(2)30-29(42-24)33-28-31-25(35-13-11-34(3)12-14-35)20-9-8-10-36(26(20)32-28)17-19-15-21(38-4)23(40-6)22(16-19)39-5/h15-16H,7-14,17H2,1-6H3,(H,30,31,32,33). The van der Waals surface area contributed by atoms with Gasteiger partial charge in [-0.2, -0.15) is 9.97 Å². The molecule has 1 saturated heterocycles. The summed E-state index contributed by atoms with van der Waals surface area (Å²) >= 11 is 1.25. The molecule has 2 aromatic heterocycles. The molecular formula is C29H39N7O5S. The Labute approximate surface area is 250 Å². The lowest BCUT2D eigenvalue weighted by molar-refractivity contribution is 0.0531. The van der Waals surface area contributed by atoms with Gasteiger partial charge < -0.3 is 33.6 Å². The lowest BCUT2D eigenvalue weighted by Crippen LogP contribution is -2.45. The molecule has 0 bridgehead atoms. The van der Waals surface area contributed by atoms with Gasteiger partial charge in [0.05, 0.1) is 33.6 Å². The van der Waals surface area contributed by atoms with Crippen molar-refractivity contribution in [3.63, 3.8) is 0 Å². The normalized spacial score (nSPS) is 15.3. The van der Waals surface area contributed by atoms with E-state index in [-0.39, 0.29) is 5.97 Å². The Balaban J connectivity index is 1.52. The molecule has 4 heterocycles. The third-order valence-corrected chi connectivity index (χ3v) is 8.55. The number of hydrogen-bond donors (Lipinski definition) is 1. The van der Waals surface area contributed by atoms with Crippen LogP contribution in [-0.2, 0) is 17.7 Å². The molecular weight excluding hydrogens is 558 g/mol. The zero-order chi connectivity index (χ0) is 29.8. The predicted octanol–water partition coefficient (Wildman–Crippen LogP) is 3.89. The lowest BCUT2D eigenvalue weighted by atomic mass is 10.0. The monoisotopic (exact) mass is 597 g/mol. The van der Waals surface area contributed by atoms with Crippen LogP contribution in [0.25, 0.3) is 0 Å². The number of carbonyl (C=O) groups excluding carboxylic acids is 1. The van der Waals surface area contributed by atoms with Crippen molar-refractivity contribution in [2.24, 2.45) is 0 Å². The number of ether oxygens (including phenoxy) is 4. The van der Waals surface area contributed by atoms with E-state index in [9.17, 15) is 4.79 Å². The molecule has 1 fully saturated rings. The molecule has 5 rings (SSSR count). The van der Waals surface area contributed by atoms with Gasteiger partial charge in [0.1, 0.15) is 16.5 Å². The second kappa shape index (κ2) is 13.0. The highest BCUT2D eigenvalue weighted by molar-refractivity contribution is 7.17. The van der Waals surface area contributed by atoms with Crippen molar-refractivity contribution in [1.29, 1.82) is 0 Å². The molecule has 0 aliphatic carbocycles. The van der Waals surface area contributed by atoms with Gasteiger partial charge in [-0.1, -0.05) is 11.3 Å². The summed E-state index contributed by atoms with van der Waals surface area (Å²) in [7, 11) is 6.99. The van der Waals surface area contributed by atoms with E-state index in [1.54, 1.807) is 35.2 Å². The van der Waals surface area contributed by atoms with Crippen molar-refractivity contribution in [2.45, 2.75) is 33.2 Å². The van der Waals surface area contributed by atoms with Crippen LogP contribution in [-0.4, -0.2) is 93.5 Å². The van der Waals surface area contributed by atoms with Crippen LogP contribution in [0.1, 0.15) is 39.8 Å². The number of benzene rings is 1. The maximum atomic E-state index is 12.4. The second-order valence-electron chi connectivity index (χ2n) is 10.3. The number of piperazine rings is 1. The summed E-state index contributed by atoms with van der Waals surface area (Å²) in [5.41, 5.74) is 2.77. The van der Waals surface area contributed by atoms with Crippen molar-refractivity contribution >= 4 is 40.0 Å². The van der Waals surface area contributed by atoms with E-state index in [4.69, 9.17) is 28.9 Å². The Kier molecular flexibility index (Phi) is 9.17. The number of methoxy groups -OCH3 is 3. The second-order valence-corrected chi connectivity index (χ2v) is 11.3. The quantitative estimate of drug-likeness (QED) is 0.342. The van der Waals surface area contributed by atoms with Crippen LogP contribution in [0.4, 0.5) is 22.7 Å². The molecule has 0 saturated carbocycles. The van der Waals surface area contributed by atoms with Gasteiger partial charge in [-0.25, -0.2) is 9.78 Å². The first-order chi connectivity index (χ1) is 20.3. The number of carbonyl (C=O) groups is 1. The molecule has 12 nitrogen and oxygen atoms in total. The Bertz CT molecular complexity index is 1400. The molecule has 0 atom stereocenters. The van der Waals surface area contributed by atoms with Crippen molar-refractivity contribution in [1.82, 2.24) is 19.9 Å². The number of fused-ring (bicyclic) bond motifs is 1. The van der Waals surface area contributed by atoms with E-state index in [0.717, 1.165) is 68.3 Å². The average Bonchev–Trinajstić information content (AvgIpc) is 3.36. The van der Waals surface area contributed by atoms with Crippen LogP contribution < -0.4 is 29.3 Å². The van der Waals surface area contributed by atoms with Crippen molar-refractivity contribution < 1.29 is 23.7 Å². The fourth-order valence-corrected chi connectivity index (χ4v) is 6.22. The first-order valence-corrected chi connectivity index (χ1v) is 15.0. The fourth-order valence-electron chi connectivity index (χ4n) is 5.37. The first-order valence-electron chi connectivity index (χ1n) is 14.1. The third kappa shape index (κ3) is 6.16. The molecule has 1 N–H and O–H groups in total. The minimum absolute atomic E-state index is 0.309. The number of rotatable bonds is 10. The van der Waals surface area contributed by atoms with Gasteiger partial charge >= 0.3 is 5.97 Å². The number of nitrogens with zero attached hydrogens (tertiary/aromatic N) is 6. The Hall–Kier alpha value is -3.84. The third-order valence-electron chi connectivity index (χ3n) is 7.49. The first kappa shape index (κ1) is 29.6. The fraction of sp³-hybridized carbons (Fsp3) is 0.517. The van der Waals surface area contributed by atoms with Crippen LogP contribution in [0.2, 0.25) is 0 Å². The van der Waals surface area contributed by atoms with Gasteiger partial charge in [0, 0.05) is 44.8 Å². The summed E-state index contributed by atoms with van der Waals surface area (Å²) in [5.74, 6) is 3.71. The summed E-state index contributed by atoms with van der Waals surface area (Å²) in [5, 5.41) is 3.84. The minimum atomic E-state index is -0.374. The van der Waals surface area contributed by atoms with Crippen molar-refractivity contribution in [3.05, 3.63) is 33.8 Å². The Morgan fingerprint density at radius 1 is 0.976 bits per heavy atom. The van der Waals surface area contributed by atoms with Crippen LogP contribution >= 0.6 is 11.3 Å². The maximum Gasteiger partial charge on any atom is 0.350 e. The molecule has 3 aromatic rings. The number of nitrogens with one attached hydrogen (secondary N) is 1. The number of likely N-dealkylation sites (N-methyl/N-ethyl adjacent to an activating group) is 1. The van der Waals surface area contributed by atoms with E-state index >= 15 is 0 Å². The van der Waals surface area contributed by atoms with Crippen molar-refractivity contribution in [2.75, 3.05) is 82.8 Å². The van der Waals surface area contributed by atoms with Gasteiger partial charge in [0.15, 0.2) is 16.6 Å².